The lowest BCUT2D eigenvalue weighted by atomic mass is 9.96. The van der Waals surface area contributed by atoms with E-state index in [1.54, 1.807) is 0 Å². The van der Waals surface area contributed by atoms with E-state index in [9.17, 15) is 8.78 Å². The van der Waals surface area contributed by atoms with E-state index in [1.165, 1.54) is 57.7 Å². The number of hydrogen-bond donors (Lipinski definition) is 0. The highest BCUT2D eigenvalue weighted by Crippen LogP contribution is 2.40. The lowest BCUT2D eigenvalue weighted by molar-refractivity contribution is 0.104. The maximum atomic E-state index is 13.9. The molecule has 7 heteroatoms. The van der Waals surface area contributed by atoms with Gasteiger partial charge in [0, 0.05) is 49.1 Å². The average molecular weight is 477 g/mol. The third-order valence-corrected chi connectivity index (χ3v) is 5.35. The van der Waals surface area contributed by atoms with Crippen LogP contribution in [-0.4, -0.2) is 57.1 Å². The van der Waals surface area contributed by atoms with Gasteiger partial charge >= 0.3 is 0 Å². The van der Waals surface area contributed by atoms with Gasteiger partial charge in [-0.3, -0.25) is 9.80 Å². The number of nitrogens with zero attached hydrogens (tertiary/aromatic N) is 2. The van der Waals surface area contributed by atoms with Gasteiger partial charge in [0.25, 0.3) is 0 Å². The summed E-state index contributed by atoms with van der Waals surface area (Å²) < 4.78 is 116. The van der Waals surface area contributed by atoms with E-state index in [0.29, 0.717) is 9.80 Å². The van der Waals surface area contributed by atoms with E-state index in [4.69, 9.17) is 25.2 Å². The van der Waals surface area contributed by atoms with E-state index >= 15 is 0 Å². The molecule has 0 aromatic heterocycles. The molecule has 0 N–H and O–H groups in total. The maximum Gasteiger partial charge on any atom is 0.203 e. The summed E-state index contributed by atoms with van der Waals surface area (Å²) in [6.07, 6.45) is 0. The third kappa shape index (κ3) is 5.16. The smallest absolute Gasteiger partial charge is 0.203 e. The maximum absolute atomic E-state index is 13.9. The lowest BCUT2D eigenvalue weighted by Crippen LogP contribution is -2.47. The van der Waals surface area contributed by atoms with Crippen LogP contribution < -0.4 is 14.2 Å². The van der Waals surface area contributed by atoms with Gasteiger partial charge in [0.1, 0.15) is 11.6 Å². The predicted molar refractivity (Wildman–Crippen MR) is 128 cm³/mol. The average Bonchev–Trinajstić information content (AvgIpc) is 2.93. The fourth-order valence-electron chi connectivity index (χ4n) is 3.73. The molecule has 3 aromatic carbocycles. The minimum atomic E-state index is -3.22. The minimum absolute atomic E-state index is 0.0718. The minimum Gasteiger partial charge on any atom is -0.493 e. The van der Waals surface area contributed by atoms with Crippen LogP contribution in [0.15, 0.2) is 60.7 Å². The molecule has 1 aliphatic rings. The SMILES string of the molecule is [2H]C1([2H])N(Cc2ccc(OC)c(OC)c2OC)C([2H])([2H])C([2H])([2H])N(C(c2ccc(F)cc2)c2ccc(F)cc2)C1([2H])[2H]. The molecule has 0 bridgehead atoms. The van der Waals surface area contributed by atoms with E-state index in [2.05, 4.69) is 0 Å². The Morgan fingerprint density at radius 3 is 1.74 bits per heavy atom. The van der Waals surface area contributed by atoms with Crippen molar-refractivity contribution in [2.75, 3.05) is 47.3 Å². The molecule has 0 amide bonds. The zero-order chi connectivity index (χ0) is 31.3. The zero-order valence-corrected chi connectivity index (χ0v) is 18.9. The van der Waals surface area contributed by atoms with Gasteiger partial charge < -0.3 is 14.2 Å². The molecule has 180 valence electrons. The highest BCUT2D eigenvalue weighted by atomic mass is 19.1. The Hall–Kier alpha value is -3.16. The lowest BCUT2D eigenvalue weighted by Gasteiger charge is -2.40. The summed E-state index contributed by atoms with van der Waals surface area (Å²) in [6.45, 7) is -13.4. The van der Waals surface area contributed by atoms with Gasteiger partial charge in [-0.1, -0.05) is 30.3 Å². The fraction of sp³-hybridized carbons (Fsp3) is 0.333. The Labute approximate surface area is 210 Å². The van der Waals surface area contributed by atoms with E-state index in [0.717, 1.165) is 24.3 Å². The predicted octanol–water partition coefficient (Wildman–Crippen LogP) is 4.90. The molecule has 0 atom stereocenters. The number of halogens is 2. The van der Waals surface area contributed by atoms with Crippen LogP contribution in [-0.2, 0) is 6.54 Å². The number of piperazine rings is 1. The van der Waals surface area contributed by atoms with Crippen LogP contribution in [0.5, 0.6) is 17.2 Å². The van der Waals surface area contributed by atoms with Crippen LogP contribution in [0.3, 0.4) is 0 Å². The van der Waals surface area contributed by atoms with Gasteiger partial charge in [-0.25, -0.2) is 8.78 Å². The number of ether oxygens (including phenoxy) is 3. The Bertz CT molecular complexity index is 1350. The summed E-state index contributed by atoms with van der Waals surface area (Å²) in [6, 6.07) is 10.8. The van der Waals surface area contributed by atoms with Crippen molar-refractivity contribution in [1.82, 2.24) is 9.80 Å². The van der Waals surface area contributed by atoms with Crippen LogP contribution in [0.25, 0.3) is 0 Å². The molecule has 1 aliphatic heterocycles. The number of hydrogen-bond acceptors (Lipinski definition) is 5. The molecule has 1 saturated heterocycles. The van der Waals surface area contributed by atoms with Crippen LogP contribution in [0.2, 0.25) is 0 Å². The van der Waals surface area contributed by atoms with Crippen LogP contribution in [0.4, 0.5) is 8.78 Å². The van der Waals surface area contributed by atoms with Crippen LogP contribution >= 0.6 is 0 Å². The van der Waals surface area contributed by atoms with Gasteiger partial charge in [-0.15, -0.1) is 0 Å². The third-order valence-electron chi connectivity index (χ3n) is 5.35. The van der Waals surface area contributed by atoms with Gasteiger partial charge in [0.2, 0.25) is 5.75 Å². The second-order valence-electron chi connectivity index (χ2n) is 7.40. The largest absolute Gasteiger partial charge is 0.493 e. The molecule has 3 aromatic rings. The monoisotopic (exact) mass is 476 g/mol. The van der Waals surface area contributed by atoms with Crippen molar-refractivity contribution in [3.63, 3.8) is 0 Å². The first-order valence-electron chi connectivity index (χ1n) is 14.4. The van der Waals surface area contributed by atoms with E-state index in [-0.39, 0.29) is 33.9 Å². The summed E-state index contributed by atoms with van der Waals surface area (Å²) >= 11 is 0. The van der Waals surface area contributed by atoms with Crippen LogP contribution in [0.1, 0.15) is 33.7 Å². The number of methoxy groups -OCH3 is 3. The van der Waals surface area contributed by atoms with Crippen molar-refractivity contribution < 1.29 is 34.0 Å². The van der Waals surface area contributed by atoms with Gasteiger partial charge in [0.05, 0.1) is 27.4 Å². The second-order valence-corrected chi connectivity index (χ2v) is 7.40. The first-order chi connectivity index (χ1) is 19.6. The molecule has 0 spiro atoms. The van der Waals surface area contributed by atoms with Crippen molar-refractivity contribution in [2.24, 2.45) is 0 Å². The Balaban J connectivity index is 1.91. The van der Waals surface area contributed by atoms with Crippen molar-refractivity contribution in [1.29, 1.82) is 0 Å². The summed E-state index contributed by atoms with van der Waals surface area (Å²) in [5, 5.41) is 0. The Morgan fingerprint density at radius 1 is 0.735 bits per heavy atom. The molecule has 5 nitrogen and oxygen atoms in total. The molecule has 0 unspecified atom stereocenters. The van der Waals surface area contributed by atoms with E-state index < -0.39 is 50.2 Å². The fourth-order valence-corrected chi connectivity index (χ4v) is 3.73. The zero-order valence-electron chi connectivity index (χ0n) is 26.9. The summed E-state index contributed by atoms with van der Waals surface area (Å²) in [5.41, 5.74) is 0.450. The van der Waals surface area contributed by atoms with Crippen molar-refractivity contribution >= 4 is 0 Å². The highest BCUT2D eigenvalue weighted by Gasteiger charge is 2.27. The second kappa shape index (κ2) is 10.8. The standard InChI is InChI=1S/C27H30F2N2O3/c1-32-24-13-8-21(26(33-2)27(24)34-3)18-30-14-16-31(17-15-30)25(19-4-9-22(28)10-5-19)20-6-11-23(29)12-7-20/h4-13,25H,14-18H2,1-3H3/i14D2,15D2,16D2,17D2. The first kappa shape index (κ1) is 15.7. The Kier molecular flexibility index (Phi) is 5.00. The highest BCUT2D eigenvalue weighted by molar-refractivity contribution is 5.55. The quantitative estimate of drug-likeness (QED) is 0.462. The molecule has 4 rings (SSSR count). The molecule has 1 fully saturated rings. The topological polar surface area (TPSA) is 34.2 Å². The molecule has 0 saturated carbocycles. The van der Waals surface area contributed by atoms with Crippen LogP contribution in [0, 0.1) is 11.6 Å². The van der Waals surface area contributed by atoms with Crippen molar-refractivity contribution in [3.05, 3.63) is 89.0 Å². The van der Waals surface area contributed by atoms with E-state index in [1.807, 2.05) is 0 Å². The number of rotatable bonds is 8. The normalized spacial score (nSPS) is 24.3. The molecule has 1 heterocycles. The van der Waals surface area contributed by atoms with Gasteiger partial charge in [0.15, 0.2) is 11.5 Å². The Morgan fingerprint density at radius 2 is 1.26 bits per heavy atom. The first-order valence-corrected chi connectivity index (χ1v) is 10.4. The van der Waals surface area contributed by atoms with Crippen molar-refractivity contribution in [2.45, 2.75) is 12.6 Å². The van der Waals surface area contributed by atoms with Crippen molar-refractivity contribution in [3.8, 4) is 17.2 Å². The summed E-state index contributed by atoms with van der Waals surface area (Å²) in [4.78, 5) is 0.926. The van der Waals surface area contributed by atoms with Gasteiger partial charge in [-0.05, 0) is 41.5 Å². The molecular weight excluding hydrogens is 438 g/mol. The number of benzene rings is 3. The molecule has 34 heavy (non-hydrogen) atoms. The molecular formula is C27H30F2N2O3. The summed E-state index contributed by atoms with van der Waals surface area (Å²) in [5.74, 6) is -0.761. The van der Waals surface area contributed by atoms with Gasteiger partial charge in [-0.2, -0.15) is 0 Å². The summed E-state index contributed by atoms with van der Waals surface area (Å²) in [7, 11) is 4.06. The molecule has 0 aliphatic carbocycles. The molecule has 0 radical (unpaired) electrons.